The van der Waals surface area contributed by atoms with Crippen LogP contribution >= 0.6 is 0 Å². The van der Waals surface area contributed by atoms with Crippen LogP contribution < -0.4 is 4.74 Å². The van der Waals surface area contributed by atoms with Crippen LogP contribution in [0, 0.1) is 0 Å². The first-order chi connectivity index (χ1) is 13.6. The molecule has 0 saturated heterocycles. The van der Waals surface area contributed by atoms with Crippen LogP contribution in [-0.2, 0) is 9.53 Å². The quantitative estimate of drug-likeness (QED) is 0.290. The molecule has 2 aromatic carbocycles. The van der Waals surface area contributed by atoms with Crippen LogP contribution in [0.15, 0.2) is 48.5 Å². The molecule has 1 atom stereocenters. The topological polar surface area (TPSA) is 35.5 Å². The Balaban J connectivity index is 1.76. The van der Waals surface area contributed by atoms with Crippen LogP contribution in [0.4, 0.5) is 0 Å². The van der Waals surface area contributed by atoms with Crippen molar-refractivity contribution in [3.63, 3.8) is 0 Å². The van der Waals surface area contributed by atoms with E-state index < -0.39 is 0 Å². The van der Waals surface area contributed by atoms with Gasteiger partial charge in [-0.1, -0.05) is 81.8 Å². The van der Waals surface area contributed by atoms with Gasteiger partial charge in [0, 0.05) is 6.92 Å². The number of rotatable bonds is 12. The van der Waals surface area contributed by atoms with E-state index >= 15 is 0 Å². The van der Waals surface area contributed by atoms with E-state index in [0.717, 1.165) is 35.5 Å². The summed E-state index contributed by atoms with van der Waals surface area (Å²) in [5, 5.41) is 0. The molecule has 0 bridgehead atoms. The van der Waals surface area contributed by atoms with Crippen LogP contribution in [0.1, 0.15) is 77.4 Å². The molecule has 0 aliphatic heterocycles. The summed E-state index contributed by atoms with van der Waals surface area (Å²) in [5.74, 6) is 0.665. The van der Waals surface area contributed by atoms with E-state index in [2.05, 4.69) is 31.2 Å². The van der Waals surface area contributed by atoms with Gasteiger partial charge in [-0.2, -0.15) is 0 Å². The van der Waals surface area contributed by atoms with Crippen molar-refractivity contribution < 1.29 is 14.3 Å². The summed E-state index contributed by atoms with van der Waals surface area (Å²) in [4.78, 5) is 11.1. The lowest BCUT2D eigenvalue weighted by Gasteiger charge is -2.13. The molecular weight excluding hydrogens is 348 g/mol. The SMILES string of the molecule is CCCCCCCCCOc1ccc(-c2ccc(C(C)OC(C)=O)cc2)cc1. The molecule has 2 aromatic rings. The molecule has 0 heterocycles. The number of hydrogen-bond acceptors (Lipinski definition) is 3. The minimum Gasteiger partial charge on any atom is -0.494 e. The lowest BCUT2D eigenvalue weighted by molar-refractivity contribution is -0.145. The zero-order valence-electron chi connectivity index (χ0n) is 17.6. The highest BCUT2D eigenvalue weighted by atomic mass is 16.5. The summed E-state index contributed by atoms with van der Waals surface area (Å²) in [6, 6.07) is 16.4. The minimum absolute atomic E-state index is 0.228. The highest BCUT2D eigenvalue weighted by Gasteiger charge is 2.08. The average molecular weight is 383 g/mol. The second-order valence-electron chi connectivity index (χ2n) is 7.37. The van der Waals surface area contributed by atoms with Crippen LogP contribution in [0.5, 0.6) is 5.75 Å². The molecule has 0 aromatic heterocycles. The van der Waals surface area contributed by atoms with Crippen LogP contribution in [0.3, 0.4) is 0 Å². The van der Waals surface area contributed by atoms with E-state index in [-0.39, 0.29) is 12.1 Å². The van der Waals surface area contributed by atoms with Gasteiger partial charge < -0.3 is 9.47 Å². The molecule has 0 radical (unpaired) electrons. The van der Waals surface area contributed by atoms with Crippen molar-refractivity contribution in [2.45, 2.75) is 71.8 Å². The lowest BCUT2D eigenvalue weighted by Crippen LogP contribution is -2.04. The molecule has 1 unspecified atom stereocenters. The normalized spacial score (nSPS) is 11.8. The first-order valence-corrected chi connectivity index (χ1v) is 10.6. The predicted octanol–water partition coefficient (Wildman–Crippen LogP) is 7.11. The fraction of sp³-hybridized carbons (Fsp3) is 0.480. The van der Waals surface area contributed by atoms with Crippen LogP contribution in [0.25, 0.3) is 11.1 Å². The van der Waals surface area contributed by atoms with Crippen LogP contribution in [-0.4, -0.2) is 12.6 Å². The molecule has 3 heteroatoms. The standard InChI is InChI=1S/C25H34O3/c1-4-5-6-7-8-9-10-19-27-25-17-15-24(16-18-25)23-13-11-22(12-14-23)20(2)28-21(3)26/h11-18,20H,4-10,19H2,1-3H3. The zero-order valence-corrected chi connectivity index (χ0v) is 17.6. The predicted molar refractivity (Wildman–Crippen MR) is 116 cm³/mol. The molecule has 0 aliphatic rings. The Hall–Kier alpha value is -2.29. The van der Waals surface area contributed by atoms with Crippen molar-refractivity contribution >= 4 is 5.97 Å². The first kappa shape index (κ1) is 22.0. The molecule has 3 nitrogen and oxygen atoms in total. The highest BCUT2D eigenvalue weighted by Crippen LogP contribution is 2.25. The van der Waals surface area contributed by atoms with Gasteiger partial charge in [0.15, 0.2) is 0 Å². The summed E-state index contributed by atoms with van der Waals surface area (Å²) >= 11 is 0. The van der Waals surface area contributed by atoms with Crippen LogP contribution in [0.2, 0.25) is 0 Å². The third kappa shape index (κ3) is 7.75. The number of carbonyl (C=O) groups excluding carboxylic acids is 1. The minimum atomic E-state index is -0.261. The molecule has 0 amide bonds. The third-order valence-electron chi connectivity index (χ3n) is 4.93. The molecule has 0 saturated carbocycles. The van der Waals surface area contributed by atoms with Gasteiger partial charge in [-0.3, -0.25) is 4.79 Å². The smallest absolute Gasteiger partial charge is 0.303 e. The molecule has 0 N–H and O–H groups in total. The molecule has 0 aliphatic carbocycles. The van der Waals surface area contributed by atoms with Crippen molar-refractivity contribution in [2.24, 2.45) is 0 Å². The van der Waals surface area contributed by atoms with Gasteiger partial charge in [-0.05, 0) is 42.2 Å². The Bertz CT molecular complexity index is 689. The van der Waals surface area contributed by atoms with Gasteiger partial charge in [0.05, 0.1) is 6.61 Å². The number of esters is 1. The maximum absolute atomic E-state index is 11.1. The Morgan fingerprint density at radius 1 is 0.821 bits per heavy atom. The zero-order chi connectivity index (χ0) is 20.2. The number of carbonyl (C=O) groups is 1. The lowest BCUT2D eigenvalue weighted by atomic mass is 10.0. The fourth-order valence-electron chi connectivity index (χ4n) is 3.26. The van der Waals surface area contributed by atoms with Crippen molar-refractivity contribution in [2.75, 3.05) is 6.61 Å². The van der Waals surface area contributed by atoms with Crippen molar-refractivity contribution in [3.8, 4) is 16.9 Å². The van der Waals surface area contributed by atoms with E-state index in [0.29, 0.717) is 0 Å². The summed E-state index contributed by atoms with van der Waals surface area (Å²) in [6.45, 7) is 6.35. The summed E-state index contributed by atoms with van der Waals surface area (Å²) < 4.78 is 11.1. The highest BCUT2D eigenvalue weighted by molar-refractivity contribution is 5.67. The Labute approximate surface area is 170 Å². The third-order valence-corrected chi connectivity index (χ3v) is 4.93. The first-order valence-electron chi connectivity index (χ1n) is 10.6. The second kappa shape index (κ2) is 12.2. The molecule has 0 spiro atoms. The van der Waals surface area contributed by atoms with Gasteiger partial charge in [-0.15, -0.1) is 0 Å². The second-order valence-corrected chi connectivity index (χ2v) is 7.37. The van der Waals surface area contributed by atoms with E-state index in [4.69, 9.17) is 9.47 Å². The Kier molecular flexibility index (Phi) is 9.61. The Morgan fingerprint density at radius 3 is 1.93 bits per heavy atom. The van der Waals surface area contributed by atoms with Gasteiger partial charge in [0.1, 0.15) is 11.9 Å². The molecule has 28 heavy (non-hydrogen) atoms. The summed E-state index contributed by atoms with van der Waals surface area (Å²) in [6.07, 6.45) is 8.83. The van der Waals surface area contributed by atoms with Gasteiger partial charge in [-0.25, -0.2) is 0 Å². The maximum atomic E-state index is 11.1. The van der Waals surface area contributed by atoms with E-state index in [1.165, 1.54) is 45.4 Å². The summed E-state index contributed by atoms with van der Waals surface area (Å²) in [7, 11) is 0. The average Bonchev–Trinajstić information content (AvgIpc) is 2.70. The van der Waals surface area contributed by atoms with E-state index in [9.17, 15) is 4.79 Å². The van der Waals surface area contributed by atoms with Gasteiger partial charge >= 0.3 is 5.97 Å². The largest absolute Gasteiger partial charge is 0.494 e. The monoisotopic (exact) mass is 382 g/mol. The summed E-state index contributed by atoms with van der Waals surface area (Å²) in [5.41, 5.74) is 3.28. The fourth-order valence-corrected chi connectivity index (χ4v) is 3.26. The maximum Gasteiger partial charge on any atom is 0.303 e. The number of unbranched alkanes of at least 4 members (excludes halogenated alkanes) is 6. The van der Waals surface area contributed by atoms with E-state index in [1.54, 1.807) is 0 Å². The van der Waals surface area contributed by atoms with Crippen molar-refractivity contribution in [3.05, 3.63) is 54.1 Å². The van der Waals surface area contributed by atoms with E-state index in [1.807, 2.05) is 31.2 Å². The van der Waals surface area contributed by atoms with Gasteiger partial charge in [0.2, 0.25) is 0 Å². The van der Waals surface area contributed by atoms with Crippen molar-refractivity contribution in [1.82, 2.24) is 0 Å². The molecule has 0 fully saturated rings. The van der Waals surface area contributed by atoms with Crippen molar-refractivity contribution in [1.29, 1.82) is 0 Å². The molecular formula is C25H34O3. The number of hydrogen-bond donors (Lipinski definition) is 0. The number of ether oxygens (including phenoxy) is 2. The van der Waals surface area contributed by atoms with Gasteiger partial charge in [0.25, 0.3) is 0 Å². The number of benzene rings is 2. The molecule has 152 valence electrons. The molecule has 2 rings (SSSR count). The Morgan fingerprint density at radius 2 is 1.36 bits per heavy atom.